The van der Waals surface area contributed by atoms with E-state index in [0.717, 1.165) is 19.4 Å². The van der Waals surface area contributed by atoms with Crippen molar-refractivity contribution < 1.29 is 4.79 Å². The number of aromatic nitrogens is 1. The lowest BCUT2D eigenvalue weighted by atomic mass is 10.3. The molecule has 2 aromatic rings. The van der Waals surface area contributed by atoms with Crippen molar-refractivity contribution in [2.24, 2.45) is 13.0 Å². The lowest BCUT2D eigenvalue weighted by molar-refractivity contribution is -0.133. The van der Waals surface area contributed by atoms with Gasteiger partial charge in [-0.1, -0.05) is 6.07 Å². The number of nitrogens with zero attached hydrogens (tertiary/aromatic N) is 2. The molecule has 100 valence electrons. The molecule has 0 radical (unpaired) electrons. The van der Waals surface area contributed by atoms with Crippen molar-refractivity contribution in [1.82, 2.24) is 9.47 Å². The first-order valence-corrected chi connectivity index (χ1v) is 7.53. The van der Waals surface area contributed by atoms with E-state index in [1.807, 2.05) is 30.3 Å². The van der Waals surface area contributed by atoms with Crippen LogP contribution in [0.15, 0.2) is 35.8 Å². The van der Waals surface area contributed by atoms with Gasteiger partial charge in [-0.05, 0) is 36.4 Å². The largest absolute Gasteiger partial charge is 0.353 e. The molecule has 0 bridgehead atoms. The van der Waals surface area contributed by atoms with Crippen LogP contribution in [0.1, 0.15) is 23.4 Å². The van der Waals surface area contributed by atoms with Gasteiger partial charge in [0.05, 0.1) is 13.1 Å². The molecule has 0 atom stereocenters. The number of rotatable bonds is 5. The third-order valence-electron chi connectivity index (χ3n) is 3.57. The zero-order valence-corrected chi connectivity index (χ0v) is 11.9. The number of aryl methyl sites for hydroxylation is 1. The normalized spacial score (nSPS) is 14.6. The summed E-state index contributed by atoms with van der Waals surface area (Å²) in [4.78, 5) is 15.6. The molecule has 1 amide bonds. The van der Waals surface area contributed by atoms with E-state index in [-0.39, 0.29) is 5.92 Å². The fourth-order valence-electron chi connectivity index (χ4n) is 2.25. The third kappa shape index (κ3) is 2.89. The molecular weight excluding hydrogens is 256 g/mol. The lowest BCUT2D eigenvalue weighted by Crippen LogP contribution is -2.31. The highest BCUT2D eigenvalue weighted by Crippen LogP contribution is 2.32. The SMILES string of the molecule is Cn1cccc1CN(Cc1cccs1)C(=O)C1CC1. The fraction of sp³-hybridized carbons (Fsp3) is 0.400. The van der Waals surface area contributed by atoms with Gasteiger partial charge in [0.1, 0.15) is 0 Å². The maximum absolute atomic E-state index is 12.4. The first-order chi connectivity index (χ1) is 9.24. The maximum Gasteiger partial charge on any atom is 0.226 e. The van der Waals surface area contributed by atoms with Gasteiger partial charge >= 0.3 is 0 Å². The molecule has 1 aliphatic rings. The standard InChI is InChI=1S/C15H18N2OS/c1-16-8-2-4-13(16)10-17(15(18)12-6-7-12)11-14-5-3-9-19-14/h2-5,8-9,12H,6-7,10-11H2,1H3. The summed E-state index contributed by atoms with van der Waals surface area (Å²) in [6, 6.07) is 8.26. The van der Waals surface area contributed by atoms with Gasteiger partial charge < -0.3 is 9.47 Å². The van der Waals surface area contributed by atoms with Gasteiger partial charge in [-0.3, -0.25) is 4.79 Å². The molecular formula is C15H18N2OS. The van der Waals surface area contributed by atoms with Crippen molar-refractivity contribution in [3.05, 3.63) is 46.4 Å². The maximum atomic E-state index is 12.4. The Balaban J connectivity index is 1.75. The number of carbonyl (C=O) groups is 1. The van der Waals surface area contributed by atoms with Crippen LogP contribution >= 0.6 is 11.3 Å². The molecule has 4 heteroatoms. The van der Waals surface area contributed by atoms with Gasteiger partial charge in [0.2, 0.25) is 5.91 Å². The fourth-order valence-corrected chi connectivity index (χ4v) is 2.97. The van der Waals surface area contributed by atoms with Crippen molar-refractivity contribution in [1.29, 1.82) is 0 Å². The first-order valence-electron chi connectivity index (χ1n) is 6.65. The van der Waals surface area contributed by atoms with Crippen LogP contribution in [-0.4, -0.2) is 15.4 Å². The van der Waals surface area contributed by atoms with Crippen molar-refractivity contribution in [3.63, 3.8) is 0 Å². The molecule has 0 aliphatic heterocycles. The summed E-state index contributed by atoms with van der Waals surface area (Å²) in [5, 5.41) is 2.07. The average Bonchev–Trinajstić information content (AvgIpc) is 2.99. The van der Waals surface area contributed by atoms with Crippen LogP contribution < -0.4 is 0 Å². The Morgan fingerprint density at radius 1 is 1.37 bits per heavy atom. The van der Waals surface area contributed by atoms with Crippen molar-refractivity contribution in [2.75, 3.05) is 0 Å². The van der Waals surface area contributed by atoms with Gasteiger partial charge in [0.25, 0.3) is 0 Å². The molecule has 2 heterocycles. The number of thiophene rings is 1. The summed E-state index contributed by atoms with van der Waals surface area (Å²) >= 11 is 1.72. The second kappa shape index (κ2) is 5.21. The molecule has 0 N–H and O–H groups in total. The van der Waals surface area contributed by atoms with Gasteiger partial charge in [-0.15, -0.1) is 11.3 Å². The van der Waals surface area contributed by atoms with E-state index in [9.17, 15) is 4.79 Å². The Kier molecular flexibility index (Phi) is 3.42. The molecule has 3 nitrogen and oxygen atoms in total. The molecule has 0 unspecified atom stereocenters. The molecule has 3 rings (SSSR count). The highest BCUT2D eigenvalue weighted by molar-refractivity contribution is 7.09. The van der Waals surface area contributed by atoms with E-state index in [0.29, 0.717) is 12.5 Å². The van der Waals surface area contributed by atoms with E-state index in [2.05, 4.69) is 22.1 Å². The first kappa shape index (κ1) is 12.5. The predicted molar refractivity (Wildman–Crippen MR) is 76.7 cm³/mol. The van der Waals surface area contributed by atoms with Gasteiger partial charge in [-0.2, -0.15) is 0 Å². The number of hydrogen-bond acceptors (Lipinski definition) is 2. The monoisotopic (exact) mass is 274 g/mol. The predicted octanol–water partition coefficient (Wildman–Crippen LogP) is 3.03. The minimum atomic E-state index is 0.278. The van der Waals surface area contributed by atoms with Crippen LogP contribution in [0.4, 0.5) is 0 Å². The van der Waals surface area contributed by atoms with Gasteiger partial charge in [0, 0.05) is 29.7 Å². The number of amides is 1. The molecule has 0 aromatic carbocycles. The summed E-state index contributed by atoms with van der Waals surface area (Å²) in [6.07, 6.45) is 4.15. The summed E-state index contributed by atoms with van der Waals surface area (Å²) in [6.45, 7) is 1.44. The van der Waals surface area contributed by atoms with Crippen LogP contribution in [-0.2, 0) is 24.9 Å². The van der Waals surface area contributed by atoms with E-state index >= 15 is 0 Å². The highest BCUT2D eigenvalue weighted by Gasteiger charge is 2.33. The third-order valence-corrected chi connectivity index (χ3v) is 4.43. The molecule has 1 fully saturated rings. The molecule has 0 saturated heterocycles. The summed E-state index contributed by atoms with van der Waals surface area (Å²) in [5.41, 5.74) is 1.19. The minimum Gasteiger partial charge on any atom is -0.353 e. The van der Waals surface area contributed by atoms with Gasteiger partial charge in [-0.25, -0.2) is 0 Å². The van der Waals surface area contributed by atoms with Crippen LogP contribution in [0.3, 0.4) is 0 Å². The van der Waals surface area contributed by atoms with Crippen molar-refractivity contribution >= 4 is 17.2 Å². The molecule has 1 aliphatic carbocycles. The van der Waals surface area contributed by atoms with Crippen molar-refractivity contribution in [2.45, 2.75) is 25.9 Å². The summed E-state index contributed by atoms with van der Waals surface area (Å²) in [7, 11) is 2.03. The number of hydrogen-bond donors (Lipinski definition) is 0. The lowest BCUT2D eigenvalue weighted by Gasteiger charge is -2.22. The number of carbonyl (C=O) groups excluding carboxylic acids is 1. The summed E-state index contributed by atoms with van der Waals surface area (Å²) in [5.74, 6) is 0.592. The van der Waals surface area contributed by atoms with E-state index in [1.165, 1.54) is 10.6 Å². The van der Waals surface area contributed by atoms with E-state index in [1.54, 1.807) is 11.3 Å². The summed E-state index contributed by atoms with van der Waals surface area (Å²) < 4.78 is 2.08. The Morgan fingerprint density at radius 3 is 2.79 bits per heavy atom. The smallest absolute Gasteiger partial charge is 0.226 e. The van der Waals surface area contributed by atoms with Crippen LogP contribution in [0.25, 0.3) is 0 Å². The van der Waals surface area contributed by atoms with Crippen LogP contribution in [0.5, 0.6) is 0 Å². The Hall–Kier alpha value is -1.55. The second-order valence-electron chi connectivity index (χ2n) is 5.16. The Labute approximate surface area is 117 Å². The second-order valence-corrected chi connectivity index (χ2v) is 6.19. The molecule has 19 heavy (non-hydrogen) atoms. The Morgan fingerprint density at radius 2 is 2.21 bits per heavy atom. The average molecular weight is 274 g/mol. The quantitative estimate of drug-likeness (QED) is 0.822. The Bertz CT molecular complexity index is 554. The molecule has 0 spiro atoms. The minimum absolute atomic E-state index is 0.278. The zero-order chi connectivity index (χ0) is 13.2. The molecule has 1 saturated carbocycles. The van der Waals surface area contributed by atoms with E-state index in [4.69, 9.17) is 0 Å². The highest BCUT2D eigenvalue weighted by atomic mass is 32.1. The van der Waals surface area contributed by atoms with Crippen LogP contribution in [0.2, 0.25) is 0 Å². The molecule has 2 aromatic heterocycles. The van der Waals surface area contributed by atoms with Crippen molar-refractivity contribution in [3.8, 4) is 0 Å². The zero-order valence-electron chi connectivity index (χ0n) is 11.1. The van der Waals surface area contributed by atoms with Gasteiger partial charge in [0.15, 0.2) is 0 Å². The van der Waals surface area contributed by atoms with E-state index < -0.39 is 0 Å². The topological polar surface area (TPSA) is 25.2 Å². The van der Waals surface area contributed by atoms with Crippen LogP contribution in [0, 0.1) is 5.92 Å².